The van der Waals surface area contributed by atoms with Crippen LogP contribution in [0.25, 0.3) is 0 Å². The second-order valence-corrected chi connectivity index (χ2v) is 6.16. The summed E-state index contributed by atoms with van der Waals surface area (Å²) in [7, 11) is 0. The molecule has 0 aliphatic rings. The smallest absolute Gasteiger partial charge is 0.303 e. The number of carbonyl (C=O) groups is 1. The zero-order valence-corrected chi connectivity index (χ0v) is 15.2. The molecule has 0 bridgehead atoms. The van der Waals surface area contributed by atoms with Crippen molar-refractivity contribution >= 4 is 5.97 Å². The van der Waals surface area contributed by atoms with Crippen molar-refractivity contribution in [2.45, 2.75) is 66.2 Å². The number of hydroxylamine groups is 1. The Morgan fingerprint density at radius 1 is 0.957 bits per heavy atom. The lowest BCUT2D eigenvalue weighted by molar-refractivity contribution is -0.137. The average molecular weight is 323 g/mol. The molecule has 0 unspecified atom stereocenters. The number of carboxylic acids is 1. The van der Waals surface area contributed by atoms with Crippen molar-refractivity contribution < 1.29 is 14.7 Å². The van der Waals surface area contributed by atoms with Crippen LogP contribution in [0, 0.1) is 0 Å². The van der Waals surface area contributed by atoms with Crippen LogP contribution in [-0.2, 0) is 9.63 Å². The average Bonchev–Trinajstić information content (AvgIpc) is 2.45. The van der Waals surface area contributed by atoms with Crippen molar-refractivity contribution in [3.05, 3.63) is 34.9 Å². The van der Waals surface area contributed by atoms with Crippen LogP contribution in [0.1, 0.15) is 66.2 Å². The molecule has 0 spiro atoms. The summed E-state index contributed by atoms with van der Waals surface area (Å²) in [6, 6.07) is 0. The van der Waals surface area contributed by atoms with Crippen molar-refractivity contribution in [3.63, 3.8) is 0 Å². The predicted octanol–water partition coefficient (Wildman–Crippen LogP) is 4.79. The van der Waals surface area contributed by atoms with Crippen LogP contribution in [-0.4, -0.2) is 24.2 Å². The summed E-state index contributed by atoms with van der Waals surface area (Å²) in [5.74, 6) is -0.772. The van der Waals surface area contributed by atoms with Gasteiger partial charge in [0.15, 0.2) is 0 Å². The van der Waals surface area contributed by atoms with Crippen molar-refractivity contribution in [2.24, 2.45) is 0 Å². The topological polar surface area (TPSA) is 58.6 Å². The lowest BCUT2D eigenvalue weighted by Gasteiger charge is -2.04. The number of carboxylic acid groups (broad SMARTS) is 1. The Kier molecular flexibility index (Phi) is 13.4. The fourth-order valence-corrected chi connectivity index (χ4v) is 1.97. The summed E-state index contributed by atoms with van der Waals surface area (Å²) in [4.78, 5) is 15.6. The van der Waals surface area contributed by atoms with Crippen LogP contribution in [0.4, 0.5) is 0 Å². The molecular formula is C19H33NO3. The second-order valence-electron chi connectivity index (χ2n) is 6.16. The first-order valence-corrected chi connectivity index (χ1v) is 8.43. The van der Waals surface area contributed by atoms with E-state index in [0.29, 0.717) is 19.6 Å². The minimum absolute atomic E-state index is 0.171. The molecule has 0 aliphatic carbocycles. The van der Waals surface area contributed by atoms with Crippen LogP contribution >= 0.6 is 0 Å². The molecule has 0 aromatic heterocycles. The SMILES string of the molecule is CC(C)=CCCC(C)=CCCC(C)=CCONCCCC(=O)O. The van der Waals surface area contributed by atoms with Crippen molar-refractivity contribution in [1.29, 1.82) is 0 Å². The van der Waals surface area contributed by atoms with E-state index in [4.69, 9.17) is 9.94 Å². The van der Waals surface area contributed by atoms with Gasteiger partial charge in [0.2, 0.25) is 0 Å². The molecule has 0 radical (unpaired) electrons. The van der Waals surface area contributed by atoms with Crippen molar-refractivity contribution in [3.8, 4) is 0 Å². The fraction of sp³-hybridized carbons (Fsp3) is 0.632. The predicted molar refractivity (Wildman–Crippen MR) is 96.2 cm³/mol. The van der Waals surface area contributed by atoms with Gasteiger partial charge >= 0.3 is 5.97 Å². The van der Waals surface area contributed by atoms with E-state index in [2.05, 4.69) is 51.4 Å². The first-order valence-electron chi connectivity index (χ1n) is 8.43. The first kappa shape index (κ1) is 21.6. The van der Waals surface area contributed by atoms with Gasteiger partial charge in [-0.2, -0.15) is 0 Å². The standard InChI is InChI=1S/C19H33NO3/c1-16(2)8-5-9-17(3)10-6-11-18(4)13-15-23-20-14-7-12-19(21)22/h8,10,13,20H,5-7,9,11-12,14-15H2,1-4H3,(H,21,22). The molecule has 0 aromatic carbocycles. The second kappa shape index (κ2) is 14.2. The molecule has 0 atom stereocenters. The van der Waals surface area contributed by atoms with E-state index in [0.717, 1.165) is 25.7 Å². The Bertz CT molecular complexity index is 418. The van der Waals surface area contributed by atoms with Gasteiger partial charge in [-0.1, -0.05) is 34.9 Å². The lowest BCUT2D eigenvalue weighted by Crippen LogP contribution is -2.17. The molecule has 0 rings (SSSR count). The third kappa shape index (κ3) is 16.8. The highest BCUT2D eigenvalue weighted by atomic mass is 16.6. The van der Waals surface area contributed by atoms with Crippen LogP contribution < -0.4 is 5.48 Å². The molecule has 4 heteroatoms. The summed E-state index contributed by atoms with van der Waals surface area (Å²) in [6.45, 7) is 9.66. The van der Waals surface area contributed by atoms with Crippen LogP contribution in [0.15, 0.2) is 34.9 Å². The van der Waals surface area contributed by atoms with Crippen LogP contribution in [0.3, 0.4) is 0 Å². The Morgan fingerprint density at radius 2 is 1.57 bits per heavy atom. The third-order valence-electron chi connectivity index (χ3n) is 3.41. The summed E-state index contributed by atoms with van der Waals surface area (Å²) in [5.41, 5.74) is 6.92. The molecule has 132 valence electrons. The number of aliphatic carboxylic acids is 1. The van der Waals surface area contributed by atoms with Gasteiger partial charge in [-0.15, -0.1) is 0 Å². The van der Waals surface area contributed by atoms with Gasteiger partial charge in [-0.05, 0) is 59.8 Å². The lowest BCUT2D eigenvalue weighted by atomic mass is 10.1. The minimum atomic E-state index is -0.772. The van der Waals surface area contributed by atoms with E-state index in [1.165, 1.54) is 16.7 Å². The number of hydrogen-bond donors (Lipinski definition) is 2. The van der Waals surface area contributed by atoms with Crippen LogP contribution in [0.5, 0.6) is 0 Å². The normalized spacial score (nSPS) is 12.3. The summed E-state index contributed by atoms with van der Waals surface area (Å²) in [6.07, 6.45) is 11.8. The Morgan fingerprint density at radius 3 is 2.17 bits per heavy atom. The maximum absolute atomic E-state index is 10.3. The van der Waals surface area contributed by atoms with E-state index in [-0.39, 0.29) is 6.42 Å². The fourth-order valence-electron chi connectivity index (χ4n) is 1.97. The van der Waals surface area contributed by atoms with E-state index >= 15 is 0 Å². The molecule has 0 fully saturated rings. The van der Waals surface area contributed by atoms with Gasteiger partial charge in [0, 0.05) is 13.0 Å². The molecular weight excluding hydrogens is 290 g/mol. The van der Waals surface area contributed by atoms with Crippen LogP contribution in [0.2, 0.25) is 0 Å². The highest BCUT2D eigenvalue weighted by molar-refractivity contribution is 5.66. The highest BCUT2D eigenvalue weighted by Gasteiger charge is 1.95. The zero-order valence-electron chi connectivity index (χ0n) is 15.2. The van der Waals surface area contributed by atoms with E-state index in [1.54, 1.807) is 0 Å². The van der Waals surface area contributed by atoms with Crippen molar-refractivity contribution in [2.75, 3.05) is 13.2 Å². The van der Waals surface area contributed by atoms with E-state index in [9.17, 15) is 4.79 Å². The minimum Gasteiger partial charge on any atom is -0.481 e. The summed E-state index contributed by atoms with van der Waals surface area (Å²) >= 11 is 0. The number of rotatable bonds is 13. The van der Waals surface area contributed by atoms with E-state index < -0.39 is 5.97 Å². The summed E-state index contributed by atoms with van der Waals surface area (Å²) < 4.78 is 0. The molecule has 2 N–H and O–H groups in total. The van der Waals surface area contributed by atoms with Gasteiger partial charge in [0.1, 0.15) is 0 Å². The van der Waals surface area contributed by atoms with E-state index in [1.807, 2.05) is 0 Å². The number of nitrogens with one attached hydrogen (secondary N) is 1. The molecule has 0 saturated heterocycles. The Hall–Kier alpha value is -1.39. The van der Waals surface area contributed by atoms with Gasteiger partial charge in [-0.3, -0.25) is 9.63 Å². The van der Waals surface area contributed by atoms with Crippen molar-refractivity contribution in [1.82, 2.24) is 5.48 Å². The molecule has 4 nitrogen and oxygen atoms in total. The Balaban J connectivity index is 3.69. The van der Waals surface area contributed by atoms with Gasteiger partial charge in [0.25, 0.3) is 0 Å². The zero-order chi connectivity index (χ0) is 17.5. The Labute approximate surface area is 141 Å². The number of hydrogen-bond acceptors (Lipinski definition) is 3. The monoisotopic (exact) mass is 323 g/mol. The first-order chi connectivity index (χ1) is 10.9. The van der Waals surface area contributed by atoms with Gasteiger partial charge in [0.05, 0.1) is 6.61 Å². The molecule has 0 heterocycles. The largest absolute Gasteiger partial charge is 0.481 e. The molecule has 0 saturated carbocycles. The maximum atomic E-state index is 10.3. The molecule has 0 aliphatic heterocycles. The quantitative estimate of drug-likeness (QED) is 0.291. The molecule has 0 amide bonds. The number of allylic oxidation sites excluding steroid dienone is 5. The van der Waals surface area contributed by atoms with Gasteiger partial charge in [-0.25, -0.2) is 5.48 Å². The highest BCUT2D eigenvalue weighted by Crippen LogP contribution is 2.11. The molecule has 0 aromatic rings. The van der Waals surface area contributed by atoms with Gasteiger partial charge < -0.3 is 5.11 Å². The molecule has 23 heavy (non-hydrogen) atoms. The maximum Gasteiger partial charge on any atom is 0.303 e. The summed E-state index contributed by atoms with van der Waals surface area (Å²) in [5, 5.41) is 8.50. The third-order valence-corrected chi connectivity index (χ3v) is 3.41.